The summed E-state index contributed by atoms with van der Waals surface area (Å²) >= 11 is 9.03. The molecule has 134 valence electrons. The quantitative estimate of drug-likeness (QED) is 0.338. The second-order valence-corrected chi connectivity index (χ2v) is 7.47. The first-order valence-electron chi connectivity index (χ1n) is 7.76. The van der Waals surface area contributed by atoms with E-state index in [1.165, 1.54) is 23.5 Å². The van der Waals surface area contributed by atoms with Crippen LogP contribution < -0.4 is 4.80 Å². The predicted molar refractivity (Wildman–Crippen MR) is 107 cm³/mol. The number of hydrogen-bond acceptors (Lipinski definition) is 6. The zero-order valence-corrected chi connectivity index (χ0v) is 16.4. The zero-order valence-electron chi connectivity index (χ0n) is 14.0. The van der Waals surface area contributed by atoms with Gasteiger partial charge in [-0.1, -0.05) is 23.7 Å². The van der Waals surface area contributed by atoms with Crippen LogP contribution in [0.3, 0.4) is 0 Å². The van der Waals surface area contributed by atoms with E-state index in [4.69, 9.17) is 11.6 Å². The third-order valence-electron chi connectivity index (χ3n) is 3.56. The molecule has 2 aromatic heterocycles. The average molecular weight is 407 g/mol. The normalized spacial score (nSPS) is 12.6. The number of rotatable bonds is 5. The van der Waals surface area contributed by atoms with Crippen molar-refractivity contribution >= 4 is 45.7 Å². The van der Waals surface area contributed by atoms with Crippen LogP contribution in [0, 0.1) is 10.1 Å². The molecule has 0 spiro atoms. The van der Waals surface area contributed by atoms with Crippen molar-refractivity contribution in [1.29, 1.82) is 0 Å². The first kappa shape index (κ1) is 18.5. The number of halogens is 1. The van der Waals surface area contributed by atoms with Crippen molar-refractivity contribution in [3.8, 4) is 10.6 Å². The minimum Gasteiger partial charge on any atom is -0.258 e. The smallest absolute Gasteiger partial charge is 0.258 e. The Bertz CT molecular complexity index is 1040. The standard InChI is InChI=1S/C17H15ClN4O2S2/c1-3-19-17-21(15(10-26-17)16-5-4-8-25-16)20-11(2)12-6-7-13(18)14(9-12)22(23)24/h4-10H,3H2,1-2H3. The molecule has 3 rings (SSSR count). The molecule has 9 heteroatoms. The highest BCUT2D eigenvalue weighted by Gasteiger charge is 2.15. The maximum atomic E-state index is 11.1. The molecule has 0 aliphatic heterocycles. The van der Waals surface area contributed by atoms with Crippen LogP contribution in [-0.4, -0.2) is 21.9 Å². The molecular formula is C17H15ClN4O2S2. The molecular weight excluding hydrogens is 392 g/mol. The Morgan fingerprint density at radius 3 is 2.81 bits per heavy atom. The zero-order chi connectivity index (χ0) is 18.7. The summed E-state index contributed by atoms with van der Waals surface area (Å²) in [5, 5.41) is 19.9. The molecule has 26 heavy (non-hydrogen) atoms. The number of nitro groups is 1. The Labute approximate surface area is 162 Å². The van der Waals surface area contributed by atoms with Gasteiger partial charge < -0.3 is 0 Å². The summed E-state index contributed by atoms with van der Waals surface area (Å²) in [7, 11) is 0. The van der Waals surface area contributed by atoms with Crippen molar-refractivity contribution in [1.82, 2.24) is 4.68 Å². The van der Waals surface area contributed by atoms with Crippen molar-refractivity contribution in [3.63, 3.8) is 0 Å². The summed E-state index contributed by atoms with van der Waals surface area (Å²) < 4.78 is 1.79. The number of nitro benzene ring substituents is 1. The molecule has 0 fully saturated rings. The van der Waals surface area contributed by atoms with Crippen molar-refractivity contribution in [3.05, 3.63) is 66.6 Å². The van der Waals surface area contributed by atoms with Gasteiger partial charge in [0.05, 0.1) is 21.2 Å². The number of thiophene rings is 1. The summed E-state index contributed by atoms with van der Waals surface area (Å²) in [6.45, 7) is 4.42. The van der Waals surface area contributed by atoms with E-state index in [0.717, 1.165) is 15.4 Å². The molecule has 0 unspecified atom stereocenters. The van der Waals surface area contributed by atoms with Gasteiger partial charge in [-0.05, 0) is 31.4 Å². The predicted octanol–water partition coefficient (Wildman–Crippen LogP) is 5.03. The van der Waals surface area contributed by atoms with Crippen LogP contribution in [0.1, 0.15) is 19.4 Å². The van der Waals surface area contributed by atoms with Crippen molar-refractivity contribution in [2.75, 3.05) is 6.54 Å². The molecule has 2 heterocycles. The minimum absolute atomic E-state index is 0.107. The molecule has 0 saturated carbocycles. The lowest BCUT2D eigenvalue weighted by molar-refractivity contribution is -0.384. The van der Waals surface area contributed by atoms with E-state index < -0.39 is 4.92 Å². The Hall–Kier alpha value is -2.29. The van der Waals surface area contributed by atoms with E-state index in [2.05, 4.69) is 10.1 Å². The summed E-state index contributed by atoms with van der Waals surface area (Å²) in [4.78, 5) is 17.0. The van der Waals surface area contributed by atoms with E-state index >= 15 is 0 Å². The van der Waals surface area contributed by atoms with Gasteiger partial charge in [0.1, 0.15) is 5.02 Å². The van der Waals surface area contributed by atoms with Crippen LogP contribution >= 0.6 is 34.3 Å². The van der Waals surface area contributed by atoms with Crippen LogP contribution in [0.2, 0.25) is 5.02 Å². The van der Waals surface area contributed by atoms with E-state index in [1.807, 2.05) is 36.7 Å². The SMILES string of the molecule is CCN=c1scc(-c2cccs2)n1N=C(C)c1ccc(Cl)c([N+](=O)[O-])c1. The summed E-state index contributed by atoms with van der Waals surface area (Å²) in [5.41, 5.74) is 2.09. The van der Waals surface area contributed by atoms with Crippen molar-refractivity contribution < 1.29 is 4.92 Å². The number of benzene rings is 1. The molecule has 0 aliphatic rings. The fraction of sp³-hybridized carbons (Fsp3) is 0.176. The lowest BCUT2D eigenvalue weighted by Crippen LogP contribution is -2.14. The minimum atomic E-state index is -0.494. The molecule has 0 atom stereocenters. The second kappa shape index (κ2) is 7.94. The van der Waals surface area contributed by atoms with Gasteiger partial charge >= 0.3 is 0 Å². The van der Waals surface area contributed by atoms with E-state index in [9.17, 15) is 10.1 Å². The molecule has 1 aromatic carbocycles. The van der Waals surface area contributed by atoms with Gasteiger partial charge in [-0.25, -0.2) is 4.68 Å². The monoisotopic (exact) mass is 406 g/mol. The van der Waals surface area contributed by atoms with Crippen LogP contribution in [0.5, 0.6) is 0 Å². The topological polar surface area (TPSA) is 72.8 Å². The molecule has 0 amide bonds. The van der Waals surface area contributed by atoms with Gasteiger partial charge in [-0.3, -0.25) is 15.1 Å². The van der Waals surface area contributed by atoms with E-state index in [0.29, 0.717) is 17.8 Å². The first-order chi connectivity index (χ1) is 12.5. The van der Waals surface area contributed by atoms with Gasteiger partial charge in [0.15, 0.2) is 0 Å². The van der Waals surface area contributed by atoms with Crippen LogP contribution in [0.4, 0.5) is 5.69 Å². The number of thiazole rings is 1. The molecule has 0 aliphatic carbocycles. The van der Waals surface area contributed by atoms with Gasteiger partial charge in [-0.2, -0.15) is 5.10 Å². The Kier molecular flexibility index (Phi) is 5.65. The maximum Gasteiger partial charge on any atom is 0.288 e. The fourth-order valence-electron chi connectivity index (χ4n) is 2.32. The van der Waals surface area contributed by atoms with Crippen molar-refractivity contribution in [2.24, 2.45) is 10.1 Å². The summed E-state index contributed by atoms with van der Waals surface area (Å²) in [6, 6.07) is 8.69. The molecule has 0 saturated heterocycles. The summed E-state index contributed by atoms with van der Waals surface area (Å²) in [5.74, 6) is 0. The Balaban J connectivity index is 2.12. The third kappa shape index (κ3) is 3.77. The Morgan fingerprint density at radius 1 is 1.35 bits per heavy atom. The van der Waals surface area contributed by atoms with Gasteiger partial charge in [0.25, 0.3) is 5.69 Å². The highest BCUT2D eigenvalue weighted by Crippen LogP contribution is 2.27. The fourth-order valence-corrected chi connectivity index (χ4v) is 4.19. The summed E-state index contributed by atoms with van der Waals surface area (Å²) in [6.07, 6.45) is 0. The van der Waals surface area contributed by atoms with Gasteiger partial charge in [0, 0.05) is 23.6 Å². The Morgan fingerprint density at radius 2 is 2.15 bits per heavy atom. The van der Waals surface area contributed by atoms with Gasteiger partial charge in [0.2, 0.25) is 4.80 Å². The van der Waals surface area contributed by atoms with Crippen molar-refractivity contribution in [2.45, 2.75) is 13.8 Å². The molecule has 0 bridgehead atoms. The number of aromatic nitrogens is 1. The highest BCUT2D eigenvalue weighted by molar-refractivity contribution is 7.14. The van der Waals surface area contributed by atoms with Crippen LogP contribution in [0.15, 0.2) is 51.2 Å². The second-order valence-electron chi connectivity index (χ2n) is 5.28. The third-order valence-corrected chi connectivity index (χ3v) is 5.63. The molecule has 3 aromatic rings. The molecule has 0 radical (unpaired) electrons. The highest BCUT2D eigenvalue weighted by atomic mass is 35.5. The number of hydrogen-bond donors (Lipinski definition) is 0. The van der Waals surface area contributed by atoms with E-state index in [-0.39, 0.29) is 10.7 Å². The largest absolute Gasteiger partial charge is 0.288 e. The van der Waals surface area contributed by atoms with E-state index in [1.54, 1.807) is 22.1 Å². The average Bonchev–Trinajstić information content (AvgIpc) is 3.26. The number of nitrogens with zero attached hydrogens (tertiary/aromatic N) is 4. The lowest BCUT2D eigenvalue weighted by atomic mass is 10.1. The lowest BCUT2D eigenvalue weighted by Gasteiger charge is -2.05. The molecule has 6 nitrogen and oxygen atoms in total. The first-order valence-corrected chi connectivity index (χ1v) is 9.89. The van der Waals surface area contributed by atoms with Crippen LogP contribution in [-0.2, 0) is 0 Å². The maximum absolute atomic E-state index is 11.1. The van der Waals surface area contributed by atoms with Gasteiger partial charge in [-0.15, -0.1) is 22.7 Å². The van der Waals surface area contributed by atoms with Crippen LogP contribution in [0.25, 0.3) is 10.6 Å². The molecule has 0 N–H and O–H groups in total.